The number of nitrogens with zero attached hydrogens (tertiary/aromatic N) is 3. The number of hydrogen-bond donors (Lipinski definition) is 2. The number of anilines is 2. The number of amides is 1. The molecule has 1 aromatic carbocycles. The first kappa shape index (κ1) is 16.9. The van der Waals surface area contributed by atoms with Crippen LogP contribution in [0, 0.1) is 6.92 Å². The van der Waals surface area contributed by atoms with Gasteiger partial charge in [0.2, 0.25) is 0 Å². The normalized spacial score (nSPS) is 10.3. The van der Waals surface area contributed by atoms with E-state index in [0.29, 0.717) is 17.4 Å². The fourth-order valence-electron chi connectivity index (χ4n) is 2.18. The maximum absolute atomic E-state index is 12.1. The van der Waals surface area contributed by atoms with Gasteiger partial charge >= 0.3 is 0 Å². The highest BCUT2D eigenvalue weighted by molar-refractivity contribution is 6.31. The summed E-state index contributed by atoms with van der Waals surface area (Å²) in [7, 11) is 0. The molecule has 2 heterocycles. The minimum absolute atomic E-state index is 0.247. The Labute approximate surface area is 150 Å². The van der Waals surface area contributed by atoms with Gasteiger partial charge in [-0.05, 0) is 48.4 Å². The van der Waals surface area contributed by atoms with Crippen LogP contribution in [0.2, 0.25) is 5.02 Å². The van der Waals surface area contributed by atoms with Crippen molar-refractivity contribution in [1.29, 1.82) is 0 Å². The van der Waals surface area contributed by atoms with Crippen LogP contribution >= 0.6 is 11.6 Å². The van der Waals surface area contributed by atoms with E-state index in [9.17, 15) is 4.79 Å². The van der Waals surface area contributed by atoms with E-state index in [2.05, 4.69) is 25.8 Å². The minimum atomic E-state index is -0.290. The molecule has 3 rings (SSSR count). The number of nitrogens with one attached hydrogen (secondary N) is 2. The number of carbonyl (C=O) groups excluding carboxylic acids is 1. The summed E-state index contributed by atoms with van der Waals surface area (Å²) in [4.78, 5) is 16.1. The summed E-state index contributed by atoms with van der Waals surface area (Å²) in [6.07, 6.45) is 3.39. The van der Waals surface area contributed by atoms with Crippen molar-refractivity contribution >= 4 is 29.0 Å². The molecule has 126 valence electrons. The second-order valence-electron chi connectivity index (χ2n) is 5.39. The summed E-state index contributed by atoms with van der Waals surface area (Å²) in [5.74, 6) is 0.246. The Kier molecular flexibility index (Phi) is 5.20. The molecule has 25 heavy (non-hydrogen) atoms. The lowest BCUT2D eigenvalue weighted by atomic mass is 10.2. The molecule has 0 radical (unpaired) electrons. The molecule has 2 aromatic heterocycles. The Morgan fingerprint density at radius 2 is 2.00 bits per heavy atom. The van der Waals surface area contributed by atoms with Gasteiger partial charge in [-0.15, -0.1) is 10.2 Å². The predicted octanol–water partition coefficient (Wildman–Crippen LogP) is 3.51. The second kappa shape index (κ2) is 7.72. The fraction of sp³-hybridized carbons (Fsp3) is 0.111. The topological polar surface area (TPSA) is 79.8 Å². The predicted molar refractivity (Wildman–Crippen MR) is 96.9 cm³/mol. The van der Waals surface area contributed by atoms with Crippen LogP contribution in [0.5, 0.6) is 0 Å². The molecule has 0 aliphatic rings. The van der Waals surface area contributed by atoms with E-state index in [1.165, 1.54) is 0 Å². The number of aromatic nitrogens is 3. The molecule has 0 saturated heterocycles. The van der Waals surface area contributed by atoms with Crippen LogP contribution < -0.4 is 10.6 Å². The molecule has 0 saturated carbocycles. The third-order valence-electron chi connectivity index (χ3n) is 3.60. The Hall–Kier alpha value is -2.99. The quantitative estimate of drug-likeness (QED) is 0.733. The maximum Gasteiger partial charge on any atom is 0.272 e. The van der Waals surface area contributed by atoms with Crippen molar-refractivity contribution in [2.45, 2.75) is 13.5 Å². The van der Waals surface area contributed by atoms with Gasteiger partial charge in [-0.25, -0.2) is 0 Å². The zero-order chi connectivity index (χ0) is 17.6. The first-order chi connectivity index (χ1) is 12.1. The molecule has 0 atom stereocenters. The number of pyridine rings is 1. The van der Waals surface area contributed by atoms with Gasteiger partial charge in [0.15, 0.2) is 11.5 Å². The third-order valence-corrected chi connectivity index (χ3v) is 4.01. The van der Waals surface area contributed by atoms with Crippen molar-refractivity contribution in [2.75, 3.05) is 5.32 Å². The number of carbonyl (C=O) groups is 1. The largest absolute Gasteiger partial charge is 0.347 e. The van der Waals surface area contributed by atoms with Gasteiger partial charge in [-0.1, -0.05) is 23.7 Å². The van der Waals surface area contributed by atoms with Crippen LogP contribution in [-0.2, 0) is 6.54 Å². The smallest absolute Gasteiger partial charge is 0.272 e. The number of hydrogen-bond acceptors (Lipinski definition) is 5. The van der Waals surface area contributed by atoms with E-state index >= 15 is 0 Å². The lowest BCUT2D eigenvalue weighted by molar-refractivity contribution is 0.0945. The van der Waals surface area contributed by atoms with Crippen molar-refractivity contribution in [1.82, 2.24) is 20.5 Å². The maximum atomic E-state index is 12.1. The zero-order valence-electron chi connectivity index (χ0n) is 13.5. The molecule has 6 nitrogen and oxygen atoms in total. The number of halogens is 1. The highest BCUT2D eigenvalue weighted by Gasteiger charge is 2.09. The van der Waals surface area contributed by atoms with Gasteiger partial charge in [0.05, 0.1) is 0 Å². The third kappa shape index (κ3) is 4.30. The molecule has 0 unspecified atom stereocenters. The fourth-order valence-corrected chi connectivity index (χ4v) is 2.35. The van der Waals surface area contributed by atoms with Crippen LogP contribution in [0.15, 0.2) is 54.9 Å². The van der Waals surface area contributed by atoms with E-state index in [0.717, 1.165) is 16.8 Å². The highest BCUT2D eigenvalue weighted by Crippen LogP contribution is 2.25. The Bertz CT molecular complexity index is 868. The summed E-state index contributed by atoms with van der Waals surface area (Å²) >= 11 is 6.10. The molecule has 1 amide bonds. The van der Waals surface area contributed by atoms with E-state index < -0.39 is 0 Å². The molecule has 0 spiro atoms. The van der Waals surface area contributed by atoms with Crippen LogP contribution in [0.25, 0.3) is 0 Å². The van der Waals surface area contributed by atoms with E-state index in [4.69, 9.17) is 11.6 Å². The summed E-state index contributed by atoms with van der Waals surface area (Å²) in [6.45, 7) is 2.30. The first-order valence-electron chi connectivity index (χ1n) is 7.66. The van der Waals surface area contributed by atoms with E-state index in [1.54, 1.807) is 24.5 Å². The Morgan fingerprint density at radius 1 is 1.12 bits per heavy atom. The van der Waals surface area contributed by atoms with Crippen LogP contribution in [-0.4, -0.2) is 21.1 Å². The molecule has 3 aromatic rings. The molecule has 7 heteroatoms. The number of rotatable bonds is 5. The lowest BCUT2D eigenvalue weighted by Crippen LogP contribution is -2.24. The van der Waals surface area contributed by atoms with Crippen molar-refractivity contribution in [3.63, 3.8) is 0 Å². The second-order valence-corrected chi connectivity index (χ2v) is 5.79. The van der Waals surface area contributed by atoms with Crippen molar-refractivity contribution < 1.29 is 4.79 Å². The van der Waals surface area contributed by atoms with Crippen LogP contribution in [0.3, 0.4) is 0 Å². The van der Waals surface area contributed by atoms with Crippen molar-refractivity contribution in [3.8, 4) is 0 Å². The van der Waals surface area contributed by atoms with Gasteiger partial charge in [0.25, 0.3) is 5.91 Å². The molecular weight excluding hydrogens is 338 g/mol. The van der Waals surface area contributed by atoms with Gasteiger partial charge < -0.3 is 10.6 Å². The first-order valence-corrected chi connectivity index (χ1v) is 8.04. The summed E-state index contributed by atoms with van der Waals surface area (Å²) in [6, 6.07) is 12.6. The minimum Gasteiger partial charge on any atom is -0.347 e. The Balaban J connectivity index is 1.63. The summed E-state index contributed by atoms with van der Waals surface area (Å²) < 4.78 is 0. The molecule has 0 aliphatic heterocycles. The van der Waals surface area contributed by atoms with Crippen LogP contribution in [0.4, 0.5) is 11.5 Å². The van der Waals surface area contributed by atoms with Crippen LogP contribution in [0.1, 0.15) is 21.6 Å². The van der Waals surface area contributed by atoms with Gasteiger partial charge in [0.1, 0.15) is 0 Å². The standard InChI is InChI=1S/C18H16ClN5O/c1-12-14(19)5-2-6-15(12)22-17-8-7-16(23-24-17)18(25)21-11-13-4-3-9-20-10-13/h2-10H,11H2,1H3,(H,21,25)(H,22,24). The average Bonchev–Trinajstić information content (AvgIpc) is 2.65. The zero-order valence-corrected chi connectivity index (χ0v) is 14.3. The molecular formula is C18H16ClN5O. The van der Waals surface area contributed by atoms with Gasteiger partial charge in [-0.2, -0.15) is 0 Å². The van der Waals surface area contributed by atoms with Crippen molar-refractivity contribution in [2.24, 2.45) is 0 Å². The molecule has 0 bridgehead atoms. The molecule has 0 fully saturated rings. The van der Waals surface area contributed by atoms with E-state index in [1.807, 2.05) is 37.3 Å². The van der Waals surface area contributed by atoms with Gasteiger partial charge in [-0.3, -0.25) is 9.78 Å². The molecule has 2 N–H and O–H groups in total. The van der Waals surface area contributed by atoms with E-state index in [-0.39, 0.29) is 11.6 Å². The molecule has 0 aliphatic carbocycles. The SMILES string of the molecule is Cc1c(Cl)cccc1Nc1ccc(C(=O)NCc2cccnc2)nn1. The average molecular weight is 354 g/mol. The number of benzene rings is 1. The summed E-state index contributed by atoms with van der Waals surface area (Å²) in [5, 5.41) is 14.6. The van der Waals surface area contributed by atoms with Crippen molar-refractivity contribution in [3.05, 3.63) is 76.7 Å². The highest BCUT2D eigenvalue weighted by atomic mass is 35.5. The van der Waals surface area contributed by atoms with Gasteiger partial charge in [0, 0.05) is 29.6 Å². The monoisotopic (exact) mass is 353 g/mol. The Morgan fingerprint density at radius 3 is 2.72 bits per heavy atom. The summed E-state index contributed by atoms with van der Waals surface area (Å²) in [5.41, 5.74) is 2.93. The lowest BCUT2D eigenvalue weighted by Gasteiger charge is -2.09.